The minimum Gasteiger partial charge on any atom is -0.505 e. The molecule has 7 nitrogen and oxygen atoms in total. The van der Waals surface area contributed by atoms with Gasteiger partial charge in [-0.15, -0.1) is 15.0 Å². The lowest BCUT2D eigenvalue weighted by molar-refractivity contribution is -0.121. The van der Waals surface area contributed by atoms with Gasteiger partial charge in [-0.3, -0.25) is 10.2 Å². The molecule has 27 heavy (non-hydrogen) atoms. The van der Waals surface area contributed by atoms with Gasteiger partial charge in [-0.1, -0.05) is 39.0 Å². The minimum absolute atomic E-state index is 0.161. The third-order valence-electron chi connectivity index (χ3n) is 5.07. The summed E-state index contributed by atoms with van der Waals surface area (Å²) >= 11 is 0. The number of benzene rings is 2. The average Bonchev–Trinajstić information content (AvgIpc) is 3.10. The van der Waals surface area contributed by atoms with Crippen molar-refractivity contribution in [1.82, 2.24) is 20.4 Å². The molecular formula is C20H25N5O2. The number of fused-ring (bicyclic) bond motifs is 1. The molecule has 0 radical (unpaired) electrons. The van der Waals surface area contributed by atoms with Crippen LogP contribution in [0.1, 0.15) is 44.7 Å². The lowest BCUT2D eigenvalue weighted by Crippen LogP contribution is -2.30. The first-order valence-electron chi connectivity index (χ1n) is 9.04. The third-order valence-corrected chi connectivity index (χ3v) is 5.07. The van der Waals surface area contributed by atoms with Gasteiger partial charge in [0.05, 0.1) is 0 Å². The van der Waals surface area contributed by atoms with E-state index in [0.29, 0.717) is 12.1 Å². The van der Waals surface area contributed by atoms with E-state index < -0.39 is 0 Å². The normalized spacial score (nSPS) is 11.7. The molecule has 0 fully saturated rings. The fraction of sp³-hybridized carbons (Fsp3) is 0.350. The van der Waals surface area contributed by atoms with Crippen LogP contribution in [0.3, 0.4) is 0 Å². The monoisotopic (exact) mass is 367 g/mol. The van der Waals surface area contributed by atoms with Crippen molar-refractivity contribution in [3.8, 4) is 11.4 Å². The van der Waals surface area contributed by atoms with Crippen molar-refractivity contribution in [2.45, 2.75) is 45.4 Å². The van der Waals surface area contributed by atoms with E-state index in [1.807, 2.05) is 36.4 Å². The number of hydrogen-bond donors (Lipinski definition) is 3. The summed E-state index contributed by atoms with van der Waals surface area (Å²) in [5.74, 6) is 5.11. The van der Waals surface area contributed by atoms with Gasteiger partial charge in [0.25, 0.3) is 0 Å². The first kappa shape index (κ1) is 18.8. The fourth-order valence-corrected chi connectivity index (χ4v) is 2.98. The lowest BCUT2D eigenvalue weighted by atomic mass is 9.80. The Morgan fingerprint density at radius 3 is 2.41 bits per heavy atom. The highest BCUT2D eigenvalue weighted by Crippen LogP contribution is 2.38. The van der Waals surface area contributed by atoms with Crippen LogP contribution >= 0.6 is 0 Å². The molecule has 3 rings (SSSR count). The maximum atomic E-state index is 11.5. The Labute approximate surface area is 158 Å². The Bertz CT molecular complexity index is 945. The number of phenols is 1. The van der Waals surface area contributed by atoms with Gasteiger partial charge in [-0.25, -0.2) is 5.84 Å². The molecule has 0 atom stereocenters. The van der Waals surface area contributed by atoms with Crippen LogP contribution in [0.2, 0.25) is 0 Å². The molecule has 0 spiro atoms. The van der Waals surface area contributed by atoms with Gasteiger partial charge in [-0.05, 0) is 42.0 Å². The molecule has 0 aliphatic carbocycles. The molecule has 2 aromatic carbocycles. The van der Waals surface area contributed by atoms with Crippen LogP contribution in [0.15, 0.2) is 36.4 Å². The maximum Gasteiger partial charge on any atom is 0.234 e. The van der Waals surface area contributed by atoms with E-state index in [1.165, 1.54) is 4.80 Å². The molecule has 1 aromatic heterocycles. The molecular weight excluding hydrogens is 342 g/mol. The predicted molar refractivity (Wildman–Crippen MR) is 104 cm³/mol. The molecule has 0 saturated heterocycles. The van der Waals surface area contributed by atoms with Crippen LogP contribution in [0.4, 0.5) is 0 Å². The van der Waals surface area contributed by atoms with Crippen LogP contribution in [-0.2, 0) is 16.6 Å². The number of rotatable bonds is 6. The zero-order valence-corrected chi connectivity index (χ0v) is 15.9. The standard InChI is InChI=1S/C20H25N5O2/c1-4-20(2,3)14-11-13(9-10-18(26)22-21)12-17(19(14)27)25-23-15-7-5-6-8-16(15)24-25/h5-8,11-12,27H,4,9-10,21H2,1-3H3,(H,22,26). The topological polar surface area (TPSA) is 106 Å². The molecule has 7 heteroatoms. The van der Waals surface area contributed by atoms with Crippen LogP contribution in [0, 0.1) is 0 Å². The van der Waals surface area contributed by atoms with Crippen molar-refractivity contribution in [2.75, 3.05) is 0 Å². The van der Waals surface area contributed by atoms with Crippen LogP contribution < -0.4 is 11.3 Å². The number of nitrogens with zero attached hydrogens (tertiary/aromatic N) is 3. The zero-order valence-electron chi connectivity index (χ0n) is 15.9. The van der Waals surface area contributed by atoms with Crippen LogP contribution in [0.25, 0.3) is 16.7 Å². The van der Waals surface area contributed by atoms with Gasteiger partial charge < -0.3 is 5.11 Å². The second-order valence-electron chi connectivity index (χ2n) is 7.29. The number of aryl methyl sites for hydroxylation is 1. The zero-order chi connectivity index (χ0) is 19.6. The quantitative estimate of drug-likeness (QED) is 0.353. The van der Waals surface area contributed by atoms with Crippen molar-refractivity contribution >= 4 is 16.9 Å². The SMILES string of the molecule is CCC(C)(C)c1cc(CCC(=O)NN)cc(-n2nc3ccccc3n2)c1O. The van der Waals surface area contributed by atoms with E-state index in [4.69, 9.17) is 5.84 Å². The van der Waals surface area contributed by atoms with E-state index in [-0.39, 0.29) is 23.5 Å². The smallest absolute Gasteiger partial charge is 0.234 e. The maximum absolute atomic E-state index is 11.5. The summed E-state index contributed by atoms with van der Waals surface area (Å²) in [6.45, 7) is 6.23. The van der Waals surface area contributed by atoms with Crippen molar-refractivity contribution in [2.24, 2.45) is 5.84 Å². The number of aromatic nitrogens is 3. The number of phenolic OH excluding ortho intramolecular Hbond substituents is 1. The Morgan fingerprint density at radius 1 is 1.22 bits per heavy atom. The van der Waals surface area contributed by atoms with Crippen LogP contribution in [-0.4, -0.2) is 26.0 Å². The molecule has 4 N–H and O–H groups in total. The summed E-state index contributed by atoms with van der Waals surface area (Å²) in [4.78, 5) is 13.0. The van der Waals surface area contributed by atoms with Crippen molar-refractivity contribution in [1.29, 1.82) is 0 Å². The number of hydrogen-bond acceptors (Lipinski definition) is 5. The van der Waals surface area contributed by atoms with E-state index in [0.717, 1.165) is 28.6 Å². The largest absolute Gasteiger partial charge is 0.505 e. The van der Waals surface area contributed by atoms with Crippen LogP contribution in [0.5, 0.6) is 5.75 Å². The first-order chi connectivity index (χ1) is 12.9. The fourth-order valence-electron chi connectivity index (χ4n) is 2.98. The average molecular weight is 367 g/mol. The summed E-state index contributed by atoms with van der Waals surface area (Å²) in [7, 11) is 0. The highest BCUT2D eigenvalue weighted by molar-refractivity contribution is 5.75. The Morgan fingerprint density at radius 2 is 1.85 bits per heavy atom. The van der Waals surface area contributed by atoms with E-state index in [1.54, 1.807) is 0 Å². The highest BCUT2D eigenvalue weighted by Gasteiger charge is 2.25. The third kappa shape index (κ3) is 3.78. The number of carbonyl (C=O) groups excluding carboxylic acids is 1. The number of nitrogens with two attached hydrogens (primary N) is 1. The van der Waals surface area contributed by atoms with E-state index in [2.05, 4.69) is 36.4 Å². The number of amides is 1. The molecule has 1 amide bonds. The summed E-state index contributed by atoms with van der Waals surface area (Å²) in [6, 6.07) is 11.3. The Kier molecular flexibility index (Phi) is 5.14. The summed E-state index contributed by atoms with van der Waals surface area (Å²) in [6.07, 6.45) is 1.62. The van der Waals surface area contributed by atoms with Gasteiger partial charge in [-0.2, -0.15) is 0 Å². The van der Waals surface area contributed by atoms with Gasteiger partial charge in [0.1, 0.15) is 22.5 Å². The van der Waals surface area contributed by atoms with E-state index >= 15 is 0 Å². The lowest BCUT2D eigenvalue weighted by Gasteiger charge is -2.26. The van der Waals surface area contributed by atoms with Gasteiger partial charge in [0.15, 0.2) is 0 Å². The molecule has 0 bridgehead atoms. The Balaban J connectivity index is 2.13. The van der Waals surface area contributed by atoms with Gasteiger partial charge >= 0.3 is 0 Å². The first-order valence-corrected chi connectivity index (χ1v) is 9.04. The summed E-state index contributed by atoms with van der Waals surface area (Å²) < 4.78 is 0. The van der Waals surface area contributed by atoms with Crippen molar-refractivity contribution < 1.29 is 9.90 Å². The summed E-state index contributed by atoms with van der Waals surface area (Å²) in [5, 5.41) is 20.0. The molecule has 142 valence electrons. The summed E-state index contributed by atoms with van der Waals surface area (Å²) in [5.41, 5.74) is 5.65. The van der Waals surface area contributed by atoms with Gasteiger partial charge in [0, 0.05) is 12.0 Å². The predicted octanol–water partition coefficient (Wildman–Crippen LogP) is 2.74. The molecule has 0 aliphatic heterocycles. The number of aromatic hydroxyl groups is 1. The molecule has 0 aliphatic rings. The van der Waals surface area contributed by atoms with Crippen molar-refractivity contribution in [3.63, 3.8) is 0 Å². The van der Waals surface area contributed by atoms with E-state index in [9.17, 15) is 9.90 Å². The Hall–Kier alpha value is -2.93. The highest BCUT2D eigenvalue weighted by atomic mass is 16.3. The van der Waals surface area contributed by atoms with Gasteiger partial charge in [0.2, 0.25) is 5.91 Å². The molecule has 0 unspecified atom stereocenters. The second-order valence-corrected chi connectivity index (χ2v) is 7.29. The number of carbonyl (C=O) groups is 1. The second kappa shape index (κ2) is 7.36. The molecule has 0 saturated carbocycles. The minimum atomic E-state index is -0.239. The molecule has 3 aromatic rings. The number of hydrazine groups is 1. The molecule has 1 heterocycles. The van der Waals surface area contributed by atoms with Crippen molar-refractivity contribution in [3.05, 3.63) is 47.5 Å². The number of nitrogens with one attached hydrogen (secondary N) is 1.